The summed E-state index contributed by atoms with van der Waals surface area (Å²) in [7, 11) is 0. The first-order valence-electron chi connectivity index (χ1n) is 7.14. The van der Waals surface area contributed by atoms with E-state index in [1.807, 2.05) is 20.8 Å². The van der Waals surface area contributed by atoms with Gasteiger partial charge in [0.2, 0.25) is 5.90 Å². The van der Waals surface area contributed by atoms with Crippen molar-refractivity contribution in [2.24, 2.45) is 10.9 Å². The largest absolute Gasteiger partial charge is 0.475 e. The Labute approximate surface area is 118 Å². The van der Waals surface area contributed by atoms with Crippen LogP contribution in [0.1, 0.15) is 50.1 Å². The Hall–Kier alpha value is -1.65. The number of nitrogens with zero attached hydrogens (tertiary/aromatic N) is 2. The number of aromatic nitrogens is 1. The predicted octanol–water partition coefficient (Wildman–Crippen LogP) is 2.45. The van der Waals surface area contributed by atoms with Crippen molar-refractivity contribution in [2.75, 3.05) is 6.61 Å². The maximum absolute atomic E-state index is 11.4. The zero-order valence-electron chi connectivity index (χ0n) is 12.2. The van der Waals surface area contributed by atoms with Crippen molar-refractivity contribution in [3.05, 3.63) is 17.0 Å². The summed E-state index contributed by atoms with van der Waals surface area (Å²) in [6.07, 6.45) is 3.02. The molecule has 108 valence electrons. The molecule has 5 heteroatoms. The lowest BCUT2D eigenvalue weighted by atomic mass is 9.99. The van der Waals surface area contributed by atoms with Crippen LogP contribution in [0.4, 0.5) is 0 Å². The van der Waals surface area contributed by atoms with Crippen LogP contribution in [0.5, 0.6) is 0 Å². The van der Waals surface area contributed by atoms with Crippen LogP contribution in [0.3, 0.4) is 0 Å². The Bertz CT molecular complexity index is 572. The molecule has 0 bridgehead atoms. The number of hydrogen-bond acceptors (Lipinski definition) is 5. The lowest BCUT2D eigenvalue weighted by Gasteiger charge is -2.07. The fraction of sp³-hybridized carbons (Fsp3) is 0.667. The standard InChI is InChI=1S/C15H20N2O3/c1-9-13(14-16-15(2,3)8-19-14)12(20-17-9)7-10-4-5-11(18)6-10/h10H,4-8H2,1-3H3. The van der Waals surface area contributed by atoms with E-state index in [9.17, 15) is 4.79 Å². The van der Waals surface area contributed by atoms with E-state index in [-0.39, 0.29) is 5.54 Å². The predicted molar refractivity (Wildman–Crippen MR) is 73.9 cm³/mol. The second-order valence-electron chi connectivity index (χ2n) is 6.44. The molecule has 0 spiro atoms. The van der Waals surface area contributed by atoms with Gasteiger partial charge in [0.05, 0.1) is 11.2 Å². The molecule has 5 nitrogen and oxygen atoms in total. The van der Waals surface area contributed by atoms with Crippen molar-refractivity contribution in [1.29, 1.82) is 0 Å². The van der Waals surface area contributed by atoms with E-state index in [0.717, 1.165) is 29.9 Å². The number of carbonyl (C=O) groups excluding carboxylic acids is 1. The van der Waals surface area contributed by atoms with Gasteiger partial charge in [-0.1, -0.05) is 5.16 Å². The zero-order valence-corrected chi connectivity index (χ0v) is 12.2. The Morgan fingerprint density at radius 1 is 1.40 bits per heavy atom. The number of Topliss-reactive ketones (excluding diaryl/α,β-unsaturated/α-hetero) is 1. The number of ketones is 1. The number of hydrogen-bond donors (Lipinski definition) is 0. The second-order valence-corrected chi connectivity index (χ2v) is 6.44. The van der Waals surface area contributed by atoms with Gasteiger partial charge in [-0.25, -0.2) is 4.99 Å². The highest BCUT2D eigenvalue weighted by atomic mass is 16.5. The molecule has 0 amide bonds. The van der Waals surface area contributed by atoms with Gasteiger partial charge in [0.25, 0.3) is 0 Å². The number of ether oxygens (including phenoxy) is 1. The van der Waals surface area contributed by atoms with E-state index < -0.39 is 0 Å². The van der Waals surface area contributed by atoms with E-state index in [1.54, 1.807) is 0 Å². The summed E-state index contributed by atoms with van der Waals surface area (Å²) in [5.41, 5.74) is 1.50. The lowest BCUT2D eigenvalue weighted by molar-refractivity contribution is -0.117. The third kappa shape index (κ3) is 2.49. The quantitative estimate of drug-likeness (QED) is 0.850. The molecule has 1 aliphatic carbocycles. The molecule has 1 unspecified atom stereocenters. The summed E-state index contributed by atoms with van der Waals surface area (Å²) in [5, 5.41) is 4.05. The van der Waals surface area contributed by atoms with Gasteiger partial charge in [-0.2, -0.15) is 0 Å². The summed E-state index contributed by atoms with van der Waals surface area (Å²) in [4.78, 5) is 16.0. The SMILES string of the molecule is Cc1noc(CC2CCC(=O)C2)c1C1=NC(C)(C)CO1. The maximum Gasteiger partial charge on any atom is 0.222 e. The molecule has 1 atom stereocenters. The Morgan fingerprint density at radius 2 is 2.20 bits per heavy atom. The lowest BCUT2D eigenvalue weighted by Crippen LogP contribution is -2.17. The highest BCUT2D eigenvalue weighted by Crippen LogP contribution is 2.30. The van der Waals surface area contributed by atoms with Crippen LogP contribution >= 0.6 is 0 Å². The number of carbonyl (C=O) groups is 1. The monoisotopic (exact) mass is 276 g/mol. The van der Waals surface area contributed by atoms with E-state index >= 15 is 0 Å². The summed E-state index contributed by atoms with van der Waals surface area (Å²) in [6.45, 7) is 6.56. The van der Waals surface area contributed by atoms with Gasteiger partial charge in [-0.15, -0.1) is 0 Å². The minimum Gasteiger partial charge on any atom is -0.475 e. The van der Waals surface area contributed by atoms with Gasteiger partial charge >= 0.3 is 0 Å². The van der Waals surface area contributed by atoms with Crippen LogP contribution in [-0.2, 0) is 16.0 Å². The van der Waals surface area contributed by atoms with Gasteiger partial charge < -0.3 is 9.26 Å². The van der Waals surface area contributed by atoms with Gasteiger partial charge in [0.1, 0.15) is 23.7 Å². The molecule has 0 saturated heterocycles. The molecule has 2 heterocycles. The van der Waals surface area contributed by atoms with Crippen LogP contribution in [-0.4, -0.2) is 29.0 Å². The van der Waals surface area contributed by atoms with E-state index in [0.29, 0.717) is 37.0 Å². The maximum atomic E-state index is 11.4. The van der Waals surface area contributed by atoms with E-state index in [1.165, 1.54) is 0 Å². The Morgan fingerprint density at radius 3 is 2.80 bits per heavy atom. The topological polar surface area (TPSA) is 64.7 Å². The summed E-state index contributed by atoms with van der Waals surface area (Å²) in [6, 6.07) is 0. The molecule has 20 heavy (non-hydrogen) atoms. The normalized spacial score (nSPS) is 24.9. The summed E-state index contributed by atoms with van der Waals surface area (Å²) < 4.78 is 11.2. The zero-order chi connectivity index (χ0) is 14.3. The third-order valence-corrected chi connectivity index (χ3v) is 3.94. The van der Waals surface area contributed by atoms with Crippen LogP contribution in [0.15, 0.2) is 9.52 Å². The molecule has 1 fully saturated rings. The molecule has 1 aromatic rings. The minimum atomic E-state index is -0.195. The van der Waals surface area contributed by atoms with Gasteiger partial charge in [0, 0.05) is 19.3 Å². The van der Waals surface area contributed by atoms with Gasteiger partial charge in [-0.3, -0.25) is 4.79 Å². The van der Waals surface area contributed by atoms with Crippen LogP contribution in [0.25, 0.3) is 0 Å². The fourth-order valence-electron chi connectivity index (χ4n) is 2.87. The molecule has 1 saturated carbocycles. The average molecular weight is 276 g/mol. The summed E-state index contributed by atoms with van der Waals surface area (Å²) in [5.74, 6) is 2.15. The molecule has 1 aliphatic heterocycles. The highest BCUT2D eigenvalue weighted by Gasteiger charge is 2.32. The second kappa shape index (κ2) is 4.72. The first-order valence-corrected chi connectivity index (χ1v) is 7.14. The van der Waals surface area contributed by atoms with Crippen molar-refractivity contribution in [1.82, 2.24) is 5.16 Å². The van der Waals surface area contributed by atoms with Crippen LogP contribution < -0.4 is 0 Å². The van der Waals surface area contributed by atoms with E-state index in [4.69, 9.17) is 9.26 Å². The van der Waals surface area contributed by atoms with Crippen molar-refractivity contribution in [3.63, 3.8) is 0 Å². The molecular weight excluding hydrogens is 256 g/mol. The smallest absolute Gasteiger partial charge is 0.222 e. The van der Waals surface area contributed by atoms with Crippen molar-refractivity contribution in [2.45, 2.75) is 52.0 Å². The Kier molecular flexibility index (Phi) is 3.15. The average Bonchev–Trinajstić information content (AvgIpc) is 3.01. The molecular formula is C15H20N2O3. The molecule has 2 aliphatic rings. The Balaban J connectivity index is 1.85. The number of aliphatic imine (C=N–C) groups is 1. The fourth-order valence-corrected chi connectivity index (χ4v) is 2.87. The molecule has 0 radical (unpaired) electrons. The van der Waals surface area contributed by atoms with Crippen LogP contribution in [0, 0.1) is 12.8 Å². The number of aryl methyl sites for hydroxylation is 1. The molecule has 0 aromatic carbocycles. The number of rotatable bonds is 3. The van der Waals surface area contributed by atoms with Crippen molar-refractivity contribution in [3.8, 4) is 0 Å². The highest BCUT2D eigenvalue weighted by molar-refractivity contribution is 5.97. The van der Waals surface area contributed by atoms with Crippen LogP contribution in [0.2, 0.25) is 0 Å². The van der Waals surface area contributed by atoms with Gasteiger partial charge in [-0.05, 0) is 33.1 Å². The first kappa shape index (κ1) is 13.3. The molecule has 3 rings (SSSR count). The molecule has 1 aromatic heterocycles. The van der Waals surface area contributed by atoms with Crippen molar-refractivity contribution < 1.29 is 14.1 Å². The minimum absolute atomic E-state index is 0.195. The summed E-state index contributed by atoms with van der Waals surface area (Å²) >= 11 is 0. The molecule has 0 N–H and O–H groups in total. The van der Waals surface area contributed by atoms with Crippen molar-refractivity contribution >= 4 is 11.7 Å². The van der Waals surface area contributed by atoms with E-state index in [2.05, 4.69) is 10.1 Å². The van der Waals surface area contributed by atoms with Gasteiger partial charge in [0.15, 0.2) is 0 Å². The first-order chi connectivity index (χ1) is 9.44. The third-order valence-electron chi connectivity index (χ3n) is 3.94.